The quantitative estimate of drug-likeness (QED) is 0.183. The zero-order chi connectivity index (χ0) is 31.3. The lowest BCUT2D eigenvalue weighted by molar-refractivity contribution is 0.673. The molecule has 3 heterocycles. The summed E-state index contributed by atoms with van der Waals surface area (Å²) in [6.07, 6.45) is 0. The Bertz CT molecular complexity index is 3120. The molecule has 4 nitrogen and oxygen atoms in total. The largest absolute Gasteiger partial charge is 0.455 e. The molecule has 11 rings (SSSR count). The van der Waals surface area contributed by atoms with Gasteiger partial charge in [0.1, 0.15) is 11.2 Å². The van der Waals surface area contributed by atoms with E-state index in [0.717, 1.165) is 92.8 Å². The molecule has 0 aliphatic carbocycles. The average Bonchev–Trinajstić information content (AvgIpc) is 3.70. The van der Waals surface area contributed by atoms with Gasteiger partial charge in [-0.2, -0.15) is 0 Å². The van der Waals surface area contributed by atoms with E-state index >= 15 is 0 Å². The maximum atomic E-state index is 6.58. The molecule has 0 aliphatic rings. The van der Waals surface area contributed by atoms with Gasteiger partial charge in [-0.3, -0.25) is 4.57 Å². The average molecular weight is 612 g/mol. The van der Waals surface area contributed by atoms with Crippen LogP contribution in [0.15, 0.2) is 156 Å². The maximum absolute atomic E-state index is 6.58. The topological polar surface area (TPSA) is 43.9 Å². The molecule has 11 aromatic rings. The second-order valence-corrected chi connectivity index (χ2v) is 12.5. The fraction of sp³-hybridized carbons (Fsp3) is 0. The van der Waals surface area contributed by atoms with E-state index in [1.807, 2.05) is 18.2 Å². The van der Waals surface area contributed by atoms with Crippen LogP contribution >= 0.6 is 0 Å². The first-order chi connectivity index (χ1) is 23.8. The highest BCUT2D eigenvalue weighted by atomic mass is 16.3. The number of rotatable bonds is 2. The van der Waals surface area contributed by atoms with Gasteiger partial charge in [0.15, 0.2) is 0 Å². The molecule has 0 radical (unpaired) electrons. The summed E-state index contributed by atoms with van der Waals surface area (Å²) in [5.41, 5.74) is 6.89. The first kappa shape index (κ1) is 25.6. The third-order valence-electron chi connectivity index (χ3n) is 9.98. The summed E-state index contributed by atoms with van der Waals surface area (Å²) in [5, 5.41) is 12.4. The molecule has 48 heavy (non-hydrogen) atoms. The molecule has 0 saturated heterocycles. The summed E-state index contributed by atoms with van der Waals surface area (Å²) < 4.78 is 8.85. The van der Waals surface area contributed by atoms with Crippen LogP contribution in [-0.4, -0.2) is 14.5 Å². The summed E-state index contributed by atoms with van der Waals surface area (Å²) in [6.45, 7) is 0. The lowest BCUT2D eigenvalue weighted by Crippen LogP contribution is -2.04. The molecule has 0 saturated carbocycles. The molecule has 0 amide bonds. The Hall–Kier alpha value is -6.52. The highest BCUT2D eigenvalue weighted by molar-refractivity contribution is 6.28. The van der Waals surface area contributed by atoms with Crippen LogP contribution in [0.5, 0.6) is 0 Å². The minimum absolute atomic E-state index is 0.651. The third kappa shape index (κ3) is 3.43. The van der Waals surface area contributed by atoms with Gasteiger partial charge < -0.3 is 4.42 Å². The zero-order valence-corrected chi connectivity index (χ0v) is 25.7. The number of benzene rings is 8. The number of fused-ring (bicyclic) bond motifs is 14. The van der Waals surface area contributed by atoms with Gasteiger partial charge in [0.2, 0.25) is 5.95 Å². The normalized spacial score (nSPS) is 12.2. The molecule has 0 fully saturated rings. The highest BCUT2D eigenvalue weighted by Crippen LogP contribution is 2.42. The smallest absolute Gasteiger partial charge is 0.235 e. The molecule has 0 bridgehead atoms. The van der Waals surface area contributed by atoms with Crippen molar-refractivity contribution in [2.45, 2.75) is 0 Å². The van der Waals surface area contributed by atoms with Crippen molar-refractivity contribution in [1.29, 1.82) is 0 Å². The van der Waals surface area contributed by atoms with Crippen molar-refractivity contribution in [2.75, 3.05) is 0 Å². The molecule has 3 aromatic heterocycles. The SMILES string of the molecule is c1ccc(-c2nc(-n3c4ccccc4c4ccc5c(ccc6ccc7c8ccccc8oc7c65)c43)nc3c2ccc2ccccc23)cc1. The van der Waals surface area contributed by atoms with Gasteiger partial charge in [0, 0.05) is 48.7 Å². The van der Waals surface area contributed by atoms with Crippen molar-refractivity contribution < 1.29 is 4.42 Å². The van der Waals surface area contributed by atoms with Crippen molar-refractivity contribution in [1.82, 2.24) is 14.5 Å². The van der Waals surface area contributed by atoms with Crippen LogP contribution in [0.1, 0.15) is 0 Å². The fourth-order valence-electron chi connectivity index (χ4n) is 7.84. The van der Waals surface area contributed by atoms with Gasteiger partial charge in [0.05, 0.1) is 22.2 Å². The Morgan fingerprint density at radius 3 is 1.98 bits per heavy atom. The lowest BCUT2D eigenvalue weighted by atomic mass is 9.97. The molecule has 0 N–H and O–H groups in total. The fourth-order valence-corrected chi connectivity index (χ4v) is 7.84. The second kappa shape index (κ2) is 9.50. The van der Waals surface area contributed by atoms with Crippen molar-refractivity contribution in [3.05, 3.63) is 152 Å². The van der Waals surface area contributed by atoms with Crippen LogP contribution in [0.25, 0.3) is 104 Å². The number of hydrogen-bond acceptors (Lipinski definition) is 3. The highest BCUT2D eigenvalue weighted by Gasteiger charge is 2.21. The van der Waals surface area contributed by atoms with Gasteiger partial charge in [-0.15, -0.1) is 0 Å². The molecule has 222 valence electrons. The molecule has 0 aliphatic heterocycles. The molecule has 0 atom stereocenters. The van der Waals surface area contributed by atoms with E-state index in [0.29, 0.717) is 5.95 Å². The first-order valence-electron chi connectivity index (χ1n) is 16.3. The standard InChI is InChI=1S/C44H25N3O/c1-2-11-28(12-3-1)40-36-23-18-26-10-4-5-13-29(26)41(36)46-44(45-40)47-37-16-8-6-14-30(37)33-25-24-32-34(42(33)47)21-19-27-20-22-35-31-15-7-9-17-38(31)48-43(35)39(27)32/h1-25H. The van der Waals surface area contributed by atoms with Crippen LogP contribution in [-0.2, 0) is 0 Å². The zero-order valence-electron chi connectivity index (χ0n) is 25.7. The third-order valence-corrected chi connectivity index (χ3v) is 9.98. The maximum Gasteiger partial charge on any atom is 0.235 e. The summed E-state index contributed by atoms with van der Waals surface area (Å²) >= 11 is 0. The second-order valence-electron chi connectivity index (χ2n) is 12.5. The summed E-state index contributed by atoms with van der Waals surface area (Å²) in [5.74, 6) is 0.651. The van der Waals surface area contributed by atoms with Gasteiger partial charge in [-0.1, -0.05) is 127 Å². The Morgan fingerprint density at radius 2 is 1.08 bits per heavy atom. The van der Waals surface area contributed by atoms with Crippen molar-refractivity contribution in [3.8, 4) is 17.2 Å². The number of para-hydroxylation sites is 2. The monoisotopic (exact) mass is 611 g/mol. The molecule has 0 spiro atoms. The van der Waals surface area contributed by atoms with Crippen LogP contribution in [0.4, 0.5) is 0 Å². The van der Waals surface area contributed by atoms with Crippen LogP contribution in [0.3, 0.4) is 0 Å². The lowest BCUT2D eigenvalue weighted by Gasteiger charge is -2.14. The molecule has 4 heteroatoms. The Balaban J connectivity index is 1.33. The van der Waals surface area contributed by atoms with E-state index in [2.05, 4.69) is 138 Å². The van der Waals surface area contributed by atoms with Gasteiger partial charge in [-0.25, -0.2) is 9.97 Å². The van der Waals surface area contributed by atoms with Gasteiger partial charge >= 0.3 is 0 Å². The summed E-state index contributed by atoms with van der Waals surface area (Å²) in [4.78, 5) is 10.8. The Morgan fingerprint density at radius 1 is 0.438 bits per heavy atom. The summed E-state index contributed by atoms with van der Waals surface area (Å²) in [6, 6.07) is 53.5. The molecular weight excluding hydrogens is 587 g/mol. The van der Waals surface area contributed by atoms with Crippen molar-refractivity contribution in [3.63, 3.8) is 0 Å². The van der Waals surface area contributed by atoms with E-state index in [9.17, 15) is 0 Å². The van der Waals surface area contributed by atoms with E-state index in [-0.39, 0.29) is 0 Å². The van der Waals surface area contributed by atoms with Crippen LogP contribution < -0.4 is 0 Å². The number of aromatic nitrogens is 3. The Kier molecular flexibility index (Phi) is 5.08. The van der Waals surface area contributed by atoms with Crippen LogP contribution in [0.2, 0.25) is 0 Å². The predicted molar refractivity (Wildman–Crippen MR) is 199 cm³/mol. The predicted octanol–water partition coefficient (Wildman–Crippen LogP) is 11.8. The Labute approximate surface area is 274 Å². The van der Waals surface area contributed by atoms with E-state index in [1.54, 1.807) is 0 Å². The number of nitrogens with zero attached hydrogens (tertiary/aromatic N) is 3. The molecular formula is C44H25N3O. The minimum Gasteiger partial charge on any atom is -0.455 e. The minimum atomic E-state index is 0.651. The van der Waals surface area contributed by atoms with E-state index in [4.69, 9.17) is 14.4 Å². The van der Waals surface area contributed by atoms with Crippen molar-refractivity contribution >= 4 is 87.0 Å². The molecule has 0 unspecified atom stereocenters. The molecule has 8 aromatic carbocycles. The van der Waals surface area contributed by atoms with Gasteiger partial charge in [0.25, 0.3) is 0 Å². The number of hydrogen-bond donors (Lipinski definition) is 0. The first-order valence-corrected chi connectivity index (χ1v) is 16.3. The summed E-state index contributed by atoms with van der Waals surface area (Å²) in [7, 11) is 0. The van der Waals surface area contributed by atoms with E-state index in [1.165, 1.54) is 5.39 Å². The van der Waals surface area contributed by atoms with Gasteiger partial charge in [-0.05, 0) is 40.4 Å². The van der Waals surface area contributed by atoms with Crippen molar-refractivity contribution in [2.24, 2.45) is 0 Å². The number of furan rings is 1. The van der Waals surface area contributed by atoms with E-state index < -0.39 is 0 Å². The van der Waals surface area contributed by atoms with Crippen LogP contribution in [0, 0.1) is 0 Å².